The van der Waals surface area contributed by atoms with Gasteiger partial charge in [-0.05, 0) is 67.2 Å². The van der Waals surface area contributed by atoms with E-state index in [0.29, 0.717) is 11.5 Å². The van der Waals surface area contributed by atoms with Crippen molar-refractivity contribution in [2.24, 2.45) is 17.3 Å². The molecule has 0 radical (unpaired) electrons. The summed E-state index contributed by atoms with van der Waals surface area (Å²) in [6, 6.07) is 7.76. The lowest BCUT2D eigenvalue weighted by Crippen LogP contribution is -2.65. The molecule has 1 amide bonds. The largest absolute Gasteiger partial charge is 0.496 e. The lowest BCUT2D eigenvalue weighted by Gasteiger charge is -2.64. The number of ether oxygens (including phenoxy) is 3. The van der Waals surface area contributed by atoms with Crippen LogP contribution in [-0.2, 0) is 30.0 Å². The number of amides is 1. The van der Waals surface area contributed by atoms with Crippen molar-refractivity contribution >= 4 is 25.0 Å². The first-order valence-electron chi connectivity index (χ1n) is 14.8. The van der Waals surface area contributed by atoms with Crippen LogP contribution in [-0.4, -0.2) is 67.7 Å². The van der Waals surface area contributed by atoms with Gasteiger partial charge in [0.1, 0.15) is 11.3 Å². The van der Waals surface area contributed by atoms with Gasteiger partial charge >= 0.3 is 25.2 Å². The highest BCUT2D eigenvalue weighted by molar-refractivity contribution is 6.48. The Labute approximate surface area is 259 Å². The van der Waals surface area contributed by atoms with Gasteiger partial charge in [-0.3, -0.25) is 9.78 Å². The second-order valence-corrected chi connectivity index (χ2v) is 12.6. The van der Waals surface area contributed by atoms with Gasteiger partial charge in [0.25, 0.3) is 0 Å². The van der Waals surface area contributed by atoms with E-state index in [4.69, 9.17) is 23.5 Å². The van der Waals surface area contributed by atoms with Crippen LogP contribution in [0.2, 0.25) is 0 Å². The van der Waals surface area contributed by atoms with E-state index in [9.17, 15) is 27.6 Å². The minimum atomic E-state index is -4.49. The number of alkyl halides is 3. The monoisotopic (exact) mass is 632 g/mol. The smallest absolute Gasteiger partial charge is 0.482 e. The number of rotatable bonds is 11. The van der Waals surface area contributed by atoms with Gasteiger partial charge in [-0.25, -0.2) is 9.59 Å². The summed E-state index contributed by atoms with van der Waals surface area (Å²) >= 11 is 0. The molecule has 2 heterocycles. The Kier molecular flexibility index (Phi) is 9.19. The Balaban J connectivity index is 1.32. The molecule has 1 aromatic heterocycles. The summed E-state index contributed by atoms with van der Waals surface area (Å²) in [6.45, 7) is 5.74. The molecule has 1 saturated heterocycles. The minimum Gasteiger partial charge on any atom is -0.496 e. The maximum atomic E-state index is 13.0. The average Bonchev–Trinajstić information content (AvgIpc) is 3.36. The normalized spacial score (nSPS) is 25.4. The lowest BCUT2D eigenvalue weighted by molar-refractivity contribution is -0.199. The maximum absolute atomic E-state index is 13.0. The second-order valence-electron chi connectivity index (χ2n) is 12.6. The molecule has 5 atom stereocenters. The lowest BCUT2D eigenvalue weighted by atomic mass is 9.43. The molecule has 5 unspecified atom stereocenters. The average molecular weight is 632 g/mol. The van der Waals surface area contributed by atoms with Gasteiger partial charge in [-0.2, -0.15) is 13.2 Å². The van der Waals surface area contributed by atoms with Crippen LogP contribution < -0.4 is 10.1 Å². The van der Waals surface area contributed by atoms with Gasteiger partial charge in [0.05, 0.1) is 36.7 Å². The van der Waals surface area contributed by atoms with E-state index in [1.807, 2.05) is 6.92 Å². The topological polar surface area (TPSA) is 122 Å². The molecule has 1 aliphatic heterocycles. The van der Waals surface area contributed by atoms with E-state index in [1.165, 1.54) is 31.6 Å². The third-order valence-electron chi connectivity index (χ3n) is 9.52. The molecule has 4 fully saturated rings. The number of nitrogens with zero attached hydrogens (tertiary/aromatic N) is 1. The van der Waals surface area contributed by atoms with Crippen LogP contribution in [0.1, 0.15) is 72.7 Å². The van der Waals surface area contributed by atoms with E-state index in [-0.39, 0.29) is 40.7 Å². The van der Waals surface area contributed by atoms with Crippen LogP contribution in [0.3, 0.4) is 0 Å². The molecule has 2 aromatic rings. The Bertz CT molecular complexity index is 1430. The molecule has 4 aliphatic rings. The molecule has 3 saturated carbocycles. The van der Waals surface area contributed by atoms with E-state index < -0.39 is 62.3 Å². The van der Waals surface area contributed by atoms with Gasteiger partial charge in [0.15, 0.2) is 0 Å². The fourth-order valence-corrected chi connectivity index (χ4v) is 6.99. The third kappa shape index (κ3) is 6.81. The standard InChI is InChI=1S/C31H36BF3N2O8/c1-29(2)20-14-22(29)30(3)23(15-20)44-32(45-30)24(37-25(38)10-11-31(33,34)35)13-18-7-5-9-21(26(18)41-4)28(40)43-17-42-27(39)19-8-6-12-36-16-19/h5-9,12,16,20,22-24H,10-11,13-15,17H2,1-4H3,(H,37,38). The molecule has 3 aliphatic carbocycles. The Hall–Kier alpha value is -3.65. The summed E-state index contributed by atoms with van der Waals surface area (Å²) in [5.41, 5.74) is 0.0885. The third-order valence-corrected chi connectivity index (χ3v) is 9.52. The second kappa shape index (κ2) is 12.6. The minimum absolute atomic E-state index is 0.0169. The zero-order valence-corrected chi connectivity index (χ0v) is 25.5. The van der Waals surface area contributed by atoms with E-state index >= 15 is 0 Å². The summed E-state index contributed by atoms with van der Waals surface area (Å²) < 4.78 is 67.3. The Morgan fingerprint density at radius 3 is 2.53 bits per heavy atom. The van der Waals surface area contributed by atoms with E-state index in [2.05, 4.69) is 24.1 Å². The van der Waals surface area contributed by atoms with Crippen molar-refractivity contribution in [3.8, 4) is 5.75 Å². The number of pyridine rings is 1. The zero-order chi connectivity index (χ0) is 32.6. The van der Waals surface area contributed by atoms with Crippen molar-refractivity contribution in [1.29, 1.82) is 0 Å². The summed E-state index contributed by atoms with van der Waals surface area (Å²) in [5.74, 6) is -2.46. The summed E-state index contributed by atoms with van der Waals surface area (Å²) in [6.07, 6.45) is -2.16. The number of hydrogen-bond donors (Lipinski definition) is 1. The number of esters is 2. The Morgan fingerprint density at radius 2 is 1.87 bits per heavy atom. The van der Waals surface area contributed by atoms with Crippen molar-refractivity contribution < 1.29 is 51.1 Å². The predicted molar refractivity (Wildman–Crippen MR) is 154 cm³/mol. The fraction of sp³-hybridized carbons (Fsp3) is 0.548. The van der Waals surface area contributed by atoms with Crippen molar-refractivity contribution in [3.05, 3.63) is 59.4 Å². The van der Waals surface area contributed by atoms with Crippen LogP contribution in [0.4, 0.5) is 13.2 Å². The van der Waals surface area contributed by atoms with E-state index in [0.717, 1.165) is 12.8 Å². The number of para-hydroxylation sites is 1. The first-order valence-corrected chi connectivity index (χ1v) is 14.8. The highest BCUT2D eigenvalue weighted by Crippen LogP contribution is 2.65. The quantitative estimate of drug-likeness (QED) is 0.214. The van der Waals surface area contributed by atoms with Gasteiger partial charge in [0, 0.05) is 18.8 Å². The molecule has 0 spiro atoms. The SMILES string of the molecule is COc1c(CC(NC(=O)CCC(F)(F)F)B2OC3CC4CC(C4(C)C)C3(C)O2)cccc1C(=O)OCOC(=O)c1cccnc1. The summed E-state index contributed by atoms with van der Waals surface area (Å²) in [4.78, 5) is 41.7. The highest BCUT2D eigenvalue weighted by Gasteiger charge is 2.68. The Morgan fingerprint density at radius 1 is 1.11 bits per heavy atom. The van der Waals surface area contributed by atoms with E-state index in [1.54, 1.807) is 18.2 Å². The fourth-order valence-electron chi connectivity index (χ4n) is 6.99. The predicted octanol–water partition coefficient (Wildman–Crippen LogP) is 4.70. The first-order chi connectivity index (χ1) is 21.2. The van der Waals surface area contributed by atoms with Crippen molar-refractivity contribution in [2.75, 3.05) is 13.9 Å². The van der Waals surface area contributed by atoms with Crippen LogP contribution in [0.5, 0.6) is 5.75 Å². The number of benzene rings is 1. The van der Waals surface area contributed by atoms with Crippen molar-refractivity contribution in [1.82, 2.24) is 10.3 Å². The molecule has 1 N–H and O–H groups in total. The molecule has 2 bridgehead atoms. The molecular weight excluding hydrogens is 596 g/mol. The molecular formula is C31H36BF3N2O8. The number of hydrogen-bond acceptors (Lipinski definition) is 9. The zero-order valence-electron chi connectivity index (χ0n) is 25.5. The molecule has 14 heteroatoms. The number of aromatic nitrogens is 1. The molecule has 45 heavy (non-hydrogen) atoms. The van der Waals surface area contributed by atoms with Crippen LogP contribution in [0, 0.1) is 17.3 Å². The van der Waals surface area contributed by atoms with Crippen LogP contribution in [0.25, 0.3) is 0 Å². The highest BCUT2D eigenvalue weighted by atomic mass is 19.4. The summed E-state index contributed by atoms with van der Waals surface area (Å²) in [5, 5.41) is 2.70. The number of halogens is 3. The van der Waals surface area contributed by atoms with Crippen molar-refractivity contribution in [3.63, 3.8) is 0 Å². The van der Waals surface area contributed by atoms with Gasteiger partial charge in [-0.1, -0.05) is 26.0 Å². The van der Waals surface area contributed by atoms with Gasteiger partial charge in [-0.15, -0.1) is 0 Å². The maximum Gasteiger partial charge on any atom is 0.482 e. The van der Waals surface area contributed by atoms with Gasteiger partial charge in [0.2, 0.25) is 12.7 Å². The van der Waals surface area contributed by atoms with Crippen molar-refractivity contribution in [2.45, 2.75) is 76.7 Å². The van der Waals surface area contributed by atoms with Crippen LogP contribution in [0.15, 0.2) is 42.7 Å². The molecule has 6 rings (SSSR count). The number of carbonyl (C=O) groups excluding carboxylic acids is 3. The van der Waals surface area contributed by atoms with Crippen LogP contribution >= 0.6 is 0 Å². The summed E-state index contributed by atoms with van der Waals surface area (Å²) in [7, 11) is 0.403. The molecule has 1 aromatic carbocycles. The number of methoxy groups -OCH3 is 1. The first kappa shape index (κ1) is 32.7. The number of carbonyl (C=O) groups is 3. The van der Waals surface area contributed by atoms with Gasteiger partial charge < -0.3 is 28.8 Å². The molecule has 242 valence electrons. The molecule has 10 nitrogen and oxygen atoms in total. The number of nitrogens with one attached hydrogen (secondary N) is 1.